The van der Waals surface area contributed by atoms with Crippen LogP contribution < -0.4 is 13.6 Å². The molecule has 4 aromatic carbocycles. The molecule has 5 heteroatoms. The summed E-state index contributed by atoms with van der Waals surface area (Å²) in [6, 6.07) is 26.4. The first-order chi connectivity index (χ1) is 14.4. The van der Waals surface area contributed by atoms with E-state index in [2.05, 4.69) is 0 Å². The lowest BCUT2D eigenvalue weighted by Gasteiger charge is -2.22. The van der Waals surface area contributed by atoms with Gasteiger partial charge in [-0.2, -0.15) is 4.57 Å². The van der Waals surface area contributed by atoms with Gasteiger partial charge < -0.3 is 13.6 Å². The number of fused-ring (bicyclic) bond motifs is 1. The minimum absolute atomic E-state index is 0.421. The zero-order chi connectivity index (χ0) is 21.1. The average molecular weight is 418 g/mol. The molecule has 1 unspecified atom stereocenters. The van der Waals surface area contributed by atoms with Gasteiger partial charge in [0.1, 0.15) is 17.2 Å². The summed E-state index contributed by atoms with van der Waals surface area (Å²) in [5.41, 5.74) is 2.69. The van der Waals surface area contributed by atoms with E-state index in [1.165, 1.54) is 0 Å². The number of hydrogen-bond donors (Lipinski definition) is 0. The van der Waals surface area contributed by atoms with Gasteiger partial charge in [0.2, 0.25) is 0 Å². The van der Waals surface area contributed by atoms with Crippen LogP contribution >= 0.6 is 7.82 Å². The number of rotatable bonds is 6. The molecular weight excluding hydrogens is 395 g/mol. The molecule has 0 aliphatic heterocycles. The van der Waals surface area contributed by atoms with Crippen molar-refractivity contribution in [1.29, 1.82) is 0 Å². The van der Waals surface area contributed by atoms with E-state index >= 15 is 0 Å². The number of para-hydroxylation sites is 1. The van der Waals surface area contributed by atoms with Gasteiger partial charge in [0.25, 0.3) is 0 Å². The lowest BCUT2D eigenvalue weighted by molar-refractivity contribution is 0.298. The zero-order valence-electron chi connectivity index (χ0n) is 17.2. The van der Waals surface area contributed by atoms with Gasteiger partial charge in [0, 0.05) is 5.39 Å². The number of benzene rings is 4. The SMILES string of the molecule is Cc1cccc(OP(=O)(Oc2c(C)cccc2C)Oc2cccc3ccccc23)c1. The summed E-state index contributed by atoms with van der Waals surface area (Å²) in [6.45, 7) is 5.74. The highest BCUT2D eigenvalue weighted by Gasteiger charge is 2.34. The highest BCUT2D eigenvalue weighted by molar-refractivity contribution is 7.49. The molecule has 4 rings (SSSR count). The number of hydrogen-bond acceptors (Lipinski definition) is 4. The Balaban J connectivity index is 1.77. The quantitative estimate of drug-likeness (QED) is 0.306. The van der Waals surface area contributed by atoms with Crippen molar-refractivity contribution in [3.05, 3.63) is 102 Å². The van der Waals surface area contributed by atoms with E-state index < -0.39 is 7.82 Å². The van der Waals surface area contributed by atoms with Gasteiger partial charge >= 0.3 is 7.82 Å². The predicted octanol–water partition coefficient (Wildman–Crippen LogP) is 7.41. The van der Waals surface area contributed by atoms with Gasteiger partial charge in [0.15, 0.2) is 0 Å². The van der Waals surface area contributed by atoms with Gasteiger partial charge in [0.05, 0.1) is 0 Å². The third kappa shape index (κ3) is 4.34. The Hall–Kier alpha value is -3.23. The molecular formula is C25H23O4P. The van der Waals surface area contributed by atoms with Gasteiger partial charge in [-0.15, -0.1) is 0 Å². The Morgan fingerprint density at radius 2 is 1.33 bits per heavy atom. The molecule has 0 aliphatic rings. The normalized spacial score (nSPS) is 12.9. The maximum Gasteiger partial charge on any atom is 0.647 e. The van der Waals surface area contributed by atoms with Gasteiger partial charge in [-0.1, -0.05) is 66.7 Å². The molecule has 0 aromatic heterocycles. The third-order valence-electron chi connectivity index (χ3n) is 4.78. The summed E-state index contributed by atoms with van der Waals surface area (Å²) in [7, 11) is -4.06. The van der Waals surface area contributed by atoms with Gasteiger partial charge in [-0.05, 0) is 61.0 Å². The summed E-state index contributed by atoms with van der Waals surface area (Å²) in [5, 5.41) is 1.81. The fourth-order valence-electron chi connectivity index (χ4n) is 3.31. The molecule has 0 aliphatic carbocycles. The summed E-state index contributed by atoms with van der Waals surface area (Å²) in [6.07, 6.45) is 0. The Bertz CT molecular complexity index is 1220. The molecule has 0 heterocycles. The smallest absolute Gasteiger partial charge is 0.386 e. The van der Waals surface area contributed by atoms with E-state index in [9.17, 15) is 4.57 Å². The first-order valence-electron chi connectivity index (χ1n) is 9.73. The Morgan fingerprint density at radius 1 is 0.667 bits per heavy atom. The highest BCUT2D eigenvalue weighted by Crippen LogP contribution is 2.52. The van der Waals surface area contributed by atoms with Crippen LogP contribution in [0, 0.1) is 20.8 Å². The fourth-order valence-corrected chi connectivity index (χ4v) is 4.70. The van der Waals surface area contributed by atoms with Crippen LogP contribution in [0.3, 0.4) is 0 Å². The second-order valence-electron chi connectivity index (χ2n) is 7.24. The molecule has 4 nitrogen and oxygen atoms in total. The highest BCUT2D eigenvalue weighted by atomic mass is 31.2. The van der Waals surface area contributed by atoms with Crippen LogP contribution in [0.4, 0.5) is 0 Å². The monoisotopic (exact) mass is 418 g/mol. The van der Waals surface area contributed by atoms with Crippen LogP contribution in [0.15, 0.2) is 84.9 Å². The molecule has 0 N–H and O–H groups in total. The molecule has 152 valence electrons. The van der Waals surface area contributed by atoms with Crippen molar-refractivity contribution < 1.29 is 18.1 Å². The maximum atomic E-state index is 13.9. The Morgan fingerprint density at radius 3 is 2.10 bits per heavy atom. The van der Waals surface area contributed by atoms with Crippen molar-refractivity contribution >= 4 is 18.6 Å². The molecule has 4 aromatic rings. The summed E-state index contributed by atoms with van der Waals surface area (Å²) < 4.78 is 31.7. The van der Waals surface area contributed by atoms with Crippen LogP contribution in [0.25, 0.3) is 10.8 Å². The van der Waals surface area contributed by atoms with Crippen molar-refractivity contribution in [2.75, 3.05) is 0 Å². The first-order valence-corrected chi connectivity index (χ1v) is 11.2. The largest absolute Gasteiger partial charge is 0.647 e. The van der Waals surface area contributed by atoms with Crippen LogP contribution in [0.2, 0.25) is 0 Å². The second kappa shape index (κ2) is 8.25. The summed E-state index contributed by atoms with van der Waals surface area (Å²) in [4.78, 5) is 0. The van der Waals surface area contributed by atoms with Crippen molar-refractivity contribution in [2.45, 2.75) is 20.8 Å². The molecule has 0 fully saturated rings. The maximum absolute atomic E-state index is 13.9. The molecule has 30 heavy (non-hydrogen) atoms. The Labute approximate surface area is 176 Å². The van der Waals surface area contributed by atoms with Crippen molar-refractivity contribution in [1.82, 2.24) is 0 Å². The molecule has 0 bridgehead atoms. The van der Waals surface area contributed by atoms with Crippen LogP contribution in [0.1, 0.15) is 16.7 Å². The lowest BCUT2D eigenvalue weighted by atomic mass is 10.1. The summed E-state index contributed by atoms with van der Waals surface area (Å²) in [5.74, 6) is 1.36. The average Bonchev–Trinajstić information content (AvgIpc) is 2.71. The zero-order valence-corrected chi connectivity index (χ0v) is 18.1. The van der Waals surface area contributed by atoms with E-state index in [0.717, 1.165) is 27.5 Å². The fraction of sp³-hybridized carbons (Fsp3) is 0.120. The molecule has 0 amide bonds. The predicted molar refractivity (Wildman–Crippen MR) is 121 cm³/mol. The minimum Gasteiger partial charge on any atom is -0.386 e. The standard InChI is InChI=1S/C25H23O4P/c1-18-9-6-14-22(17-18)27-30(26,29-25-19(2)10-7-11-20(25)3)28-24-16-8-13-21-12-4-5-15-23(21)24/h4-17H,1-3H3. The van der Waals surface area contributed by atoms with Crippen LogP contribution in [0.5, 0.6) is 17.2 Å². The lowest BCUT2D eigenvalue weighted by Crippen LogP contribution is -2.09. The molecule has 0 radical (unpaired) electrons. The number of phosphoric ester groups is 1. The van der Waals surface area contributed by atoms with E-state index in [1.807, 2.05) is 87.5 Å². The first kappa shape index (κ1) is 20.1. The molecule has 0 saturated heterocycles. The third-order valence-corrected chi connectivity index (χ3v) is 6.04. The van der Waals surface area contributed by atoms with E-state index in [4.69, 9.17) is 13.6 Å². The van der Waals surface area contributed by atoms with E-state index in [0.29, 0.717) is 17.2 Å². The van der Waals surface area contributed by atoms with Crippen molar-refractivity contribution in [3.8, 4) is 17.2 Å². The number of aryl methyl sites for hydroxylation is 3. The topological polar surface area (TPSA) is 44.8 Å². The molecule has 0 saturated carbocycles. The number of phosphoric acid groups is 1. The van der Waals surface area contributed by atoms with Gasteiger partial charge in [-0.25, -0.2) is 0 Å². The second-order valence-corrected chi connectivity index (χ2v) is 8.68. The minimum atomic E-state index is -4.06. The Kier molecular flexibility index (Phi) is 5.52. The van der Waals surface area contributed by atoms with Crippen molar-refractivity contribution in [2.24, 2.45) is 0 Å². The molecule has 1 atom stereocenters. The summed E-state index contributed by atoms with van der Waals surface area (Å²) >= 11 is 0. The molecule has 0 spiro atoms. The van der Waals surface area contributed by atoms with E-state index in [-0.39, 0.29) is 0 Å². The van der Waals surface area contributed by atoms with Crippen LogP contribution in [-0.2, 0) is 4.57 Å². The van der Waals surface area contributed by atoms with Gasteiger partial charge in [-0.3, -0.25) is 0 Å². The van der Waals surface area contributed by atoms with E-state index in [1.54, 1.807) is 18.2 Å². The van der Waals surface area contributed by atoms with Crippen LogP contribution in [-0.4, -0.2) is 0 Å². The van der Waals surface area contributed by atoms with Crippen molar-refractivity contribution in [3.63, 3.8) is 0 Å².